The summed E-state index contributed by atoms with van der Waals surface area (Å²) in [4.78, 5) is 0. The molecule has 0 aliphatic rings. The van der Waals surface area contributed by atoms with E-state index in [2.05, 4.69) is 6.07 Å². The van der Waals surface area contributed by atoms with Crippen molar-refractivity contribution in [3.05, 3.63) is 30.9 Å². The fourth-order valence-corrected chi connectivity index (χ4v) is 2.61. The van der Waals surface area contributed by atoms with Crippen LogP contribution in [0.15, 0.2) is 12.1 Å². The molecule has 0 nitrogen and oxygen atoms in total. The van der Waals surface area contributed by atoms with Crippen molar-refractivity contribution in [2.45, 2.75) is 12.1 Å². The molecule has 0 aromatic heterocycles. The van der Waals surface area contributed by atoms with Crippen LogP contribution in [0.1, 0.15) is 5.56 Å². The van der Waals surface area contributed by atoms with Crippen LogP contribution in [-0.2, 0) is 5.92 Å². The van der Waals surface area contributed by atoms with Gasteiger partial charge in [-0.05, 0) is 57.3 Å². The highest BCUT2D eigenvalue weighted by molar-refractivity contribution is 14.1. The Morgan fingerprint density at radius 2 is 1.33 bits per heavy atom. The van der Waals surface area contributed by atoms with Crippen LogP contribution in [0.5, 0.6) is 0 Å². The maximum absolute atomic E-state index is 12.9. The van der Waals surface area contributed by atoms with Gasteiger partial charge in [0.2, 0.25) is 0 Å². The molecule has 0 aliphatic heterocycles. The predicted octanol–water partition coefficient (Wildman–Crippen LogP) is 4.35. The van der Waals surface area contributed by atoms with Gasteiger partial charge in [0.05, 0.1) is 0 Å². The lowest BCUT2D eigenvalue weighted by Gasteiger charge is -2.20. The second-order valence-corrected chi connectivity index (χ2v) is 4.96. The van der Waals surface area contributed by atoms with Crippen LogP contribution in [-0.4, -0.2) is 6.18 Å². The van der Waals surface area contributed by atoms with Gasteiger partial charge in [-0.25, -0.2) is 0 Å². The first-order chi connectivity index (χ1) is 6.64. The topological polar surface area (TPSA) is 0 Å². The van der Waals surface area contributed by atoms with Crippen LogP contribution < -0.4 is 0 Å². The monoisotopic (exact) mass is 447 g/mol. The fraction of sp³-hybridized carbons (Fsp3) is 0.250. The molecule has 0 spiro atoms. The van der Waals surface area contributed by atoms with E-state index in [1.807, 2.05) is 0 Å². The largest absolute Gasteiger partial charge is 0.458 e. The van der Waals surface area contributed by atoms with Gasteiger partial charge in [0.1, 0.15) is 0 Å². The Morgan fingerprint density at radius 1 is 0.933 bits per heavy atom. The zero-order chi connectivity index (χ0) is 11.9. The second kappa shape index (κ2) is 4.30. The molecule has 83 valence electrons. The molecule has 0 N–H and O–H groups in total. The normalized spacial score (nSPS) is 13.0. The molecule has 1 rings (SSSR count). The van der Waals surface area contributed by atoms with Gasteiger partial charge in [-0.3, -0.25) is 0 Å². The second-order valence-electron chi connectivity index (χ2n) is 2.64. The zero-order valence-electron chi connectivity index (χ0n) is 6.80. The van der Waals surface area contributed by atoms with E-state index in [9.17, 15) is 22.0 Å². The highest BCUT2D eigenvalue weighted by atomic mass is 127. The summed E-state index contributed by atoms with van der Waals surface area (Å²) in [5.41, 5.74) is -1.05. The predicted molar refractivity (Wildman–Crippen MR) is 60.7 cm³/mol. The quantitative estimate of drug-likeness (QED) is 0.444. The molecule has 0 saturated heterocycles. The molecule has 0 fully saturated rings. The minimum absolute atomic E-state index is 0.221. The summed E-state index contributed by atoms with van der Waals surface area (Å²) in [5.74, 6) is -4.82. The van der Waals surface area contributed by atoms with E-state index in [4.69, 9.17) is 0 Å². The number of alkyl halides is 5. The van der Waals surface area contributed by atoms with E-state index in [0.717, 1.165) is 12.1 Å². The fourth-order valence-electron chi connectivity index (χ4n) is 0.846. The van der Waals surface area contributed by atoms with Crippen LogP contribution >= 0.6 is 45.2 Å². The molecular formula is C8H2F5I2. The zero-order valence-corrected chi connectivity index (χ0v) is 11.1. The van der Waals surface area contributed by atoms with Gasteiger partial charge in [-0.15, -0.1) is 0 Å². The average Bonchev–Trinajstić information content (AvgIpc) is 1.99. The number of hydrogen-bond acceptors (Lipinski definition) is 0. The van der Waals surface area contributed by atoms with E-state index in [-0.39, 0.29) is 7.14 Å². The molecule has 1 aromatic rings. The Hall–Kier alpha value is 0.330. The Labute approximate surface area is 110 Å². The van der Waals surface area contributed by atoms with Gasteiger partial charge in [-0.2, -0.15) is 22.0 Å². The number of halogens is 7. The summed E-state index contributed by atoms with van der Waals surface area (Å²) in [7, 11) is 0. The van der Waals surface area contributed by atoms with Crippen molar-refractivity contribution >= 4 is 45.2 Å². The molecular weight excluding hydrogens is 445 g/mol. The first-order valence-electron chi connectivity index (χ1n) is 3.48. The van der Waals surface area contributed by atoms with E-state index in [1.165, 1.54) is 0 Å². The summed E-state index contributed by atoms with van der Waals surface area (Å²) in [6.45, 7) is 0. The molecule has 0 bridgehead atoms. The Balaban J connectivity index is 3.27. The summed E-state index contributed by atoms with van der Waals surface area (Å²) in [6, 6.07) is 4.15. The number of hydrogen-bond donors (Lipinski definition) is 0. The molecule has 0 amide bonds. The summed E-state index contributed by atoms with van der Waals surface area (Å²) in [6.07, 6.45) is -5.57. The summed E-state index contributed by atoms with van der Waals surface area (Å²) in [5, 5.41) is 0. The van der Waals surface area contributed by atoms with Gasteiger partial charge in [0.25, 0.3) is 0 Å². The SMILES string of the molecule is FC(F)(F)C(F)(F)c1cc(I)[c]c(I)c1. The molecule has 0 saturated carbocycles. The van der Waals surface area contributed by atoms with Crippen LogP contribution in [0, 0.1) is 13.2 Å². The first-order valence-corrected chi connectivity index (χ1v) is 5.64. The van der Waals surface area contributed by atoms with Crippen molar-refractivity contribution < 1.29 is 22.0 Å². The highest BCUT2D eigenvalue weighted by Gasteiger charge is 2.58. The molecule has 0 aliphatic carbocycles. The average molecular weight is 447 g/mol. The highest BCUT2D eigenvalue weighted by Crippen LogP contribution is 2.44. The van der Waals surface area contributed by atoms with Crippen LogP contribution in [0.2, 0.25) is 0 Å². The Kier molecular flexibility index (Phi) is 3.84. The molecule has 15 heavy (non-hydrogen) atoms. The smallest absolute Gasteiger partial charge is 0.191 e. The maximum atomic E-state index is 12.9. The third-order valence-electron chi connectivity index (χ3n) is 1.52. The van der Waals surface area contributed by atoms with Crippen molar-refractivity contribution in [2.24, 2.45) is 0 Å². The van der Waals surface area contributed by atoms with Crippen LogP contribution in [0.3, 0.4) is 0 Å². The summed E-state index contributed by atoms with van der Waals surface area (Å²) >= 11 is 3.28. The molecule has 0 heterocycles. The van der Waals surface area contributed by atoms with Crippen LogP contribution in [0.4, 0.5) is 22.0 Å². The van der Waals surface area contributed by atoms with Crippen molar-refractivity contribution in [3.8, 4) is 0 Å². The van der Waals surface area contributed by atoms with Gasteiger partial charge >= 0.3 is 12.1 Å². The standard InChI is InChI=1S/C8H2F5I2/c9-7(10,8(11,12)13)4-1-5(14)3-6(15)2-4/h1-2H. The van der Waals surface area contributed by atoms with Crippen LogP contribution in [0.25, 0.3) is 0 Å². The Morgan fingerprint density at radius 3 is 1.67 bits per heavy atom. The van der Waals surface area contributed by atoms with E-state index < -0.39 is 17.7 Å². The molecule has 0 unspecified atom stereocenters. The van der Waals surface area contributed by atoms with E-state index in [0.29, 0.717) is 0 Å². The number of rotatable bonds is 1. The molecule has 1 radical (unpaired) electrons. The van der Waals surface area contributed by atoms with Crippen molar-refractivity contribution in [2.75, 3.05) is 0 Å². The molecule has 0 atom stereocenters. The van der Waals surface area contributed by atoms with Gasteiger partial charge in [0, 0.05) is 18.8 Å². The van der Waals surface area contributed by atoms with E-state index in [1.54, 1.807) is 45.2 Å². The minimum Gasteiger partial charge on any atom is -0.191 e. The summed E-state index contributed by atoms with van der Waals surface area (Å²) < 4.78 is 62.2. The molecule has 1 aromatic carbocycles. The lowest BCUT2D eigenvalue weighted by atomic mass is 10.1. The Bertz CT molecular complexity index is 352. The third-order valence-corrected chi connectivity index (χ3v) is 2.68. The lowest BCUT2D eigenvalue weighted by Crippen LogP contribution is -2.33. The van der Waals surface area contributed by atoms with Gasteiger partial charge < -0.3 is 0 Å². The number of benzene rings is 1. The van der Waals surface area contributed by atoms with Crippen molar-refractivity contribution in [1.29, 1.82) is 0 Å². The maximum Gasteiger partial charge on any atom is 0.458 e. The van der Waals surface area contributed by atoms with E-state index >= 15 is 0 Å². The van der Waals surface area contributed by atoms with Gasteiger partial charge in [-0.1, -0.05) is 0 Å². The third kappa shape index (κ3) is 2.92. The first kappa shape index (κ1) is 13.4. The van der Waals surface area contributed by atoms with Crippen molar-refractivity contribution in [1.82, 2.24) is 0 Å². The molecule has 7 heteroatoms. The minimum atomic E-state index is -5.57. The lowest BCUT2D eigenvalue weighted by molar-refractivity contribution is -0.289. The van der Waals surface area contributed by atoms with Gasteiger partial charge in [0.15, 0.2) is 0 Å². The van der Waals surface area contributed by atoms with Crippen molar-refractivity contribution in [3.63, 3.8) is 0 Å².